The first-order valence-corrected chi connectivity index (χ1v) is 8.71. The van der Waals surface area contributed by atoms with E-state index in [2.05, 4.69) is 23.0 Å². The third kappa shape index (κ3) is 4.36. The lowest BCUT2D eigenvalue weighted by Gasteiger charge is -2.11. The molecule has 0 fully saturated rings. The second-order valence-corrected chi connectivity index (χ2v) is 6.34. The molecule has 4 N–H and O–H groups in total. The topological polar surface area (TPSA) is 102 Å². The molecule has 120 valence electrons. The Hall–Kier alpha value is -2.26. The Kier molecular flexibility index (Phi) is 6.24. The molecule has 0 atom stereocenters. The van der Waals surface area contributed by atoms with Crippen molar-refractivity contribution < 1.29 is 0 Å². The lowest BCUT2D eigenvalue weighted by molar-refractivity contribution is 0.706. The third-order valence-electron chi connectivity index (χ3n) is 3.46. The maximum absolute atomic E-state index is 9.36. The van der Waals surface area contributed by atoms with Gasteiger partial charge in [0.1, 0.15) is 17.5 Å². The number of nitrogens with two attached hydrogens (primary N) is 2. The largest absolute Gasteiger partial charge is 0.382 e. The molecule has 1 heterocycles. The van der Waals surface area contributed by atoms with E-state index < -0.39 is 0 Å². The first-order chi connectivity index (χ1) is 11.2. The number of rotatable bonds is 7. The number of thioether (sulfide) groups is 1. The van der Waals surface area contributed by atoms with Gasteiger partial charge in [-0.1, -0.05) is 44.4 Å². The van der Waals surface area contributed by atoms with Crippen LogP contribution >= 0.6 is 11.8 Å². The summed E-state index contributed by atoms with van der Waals surface area (Å²) in [7, 11) is 0. The highest BCUT2D eigenvalue weighted by Crippen LogP contribution is 2.34. The number of anilines is 2. The van der Waals surface area contributed by atoms with E-state index in [4.69, 9.17) is 11.5 Å². The van der Waals surface area contributed by atoms with Crippen LogP contribution in [0.4, 0.5) is 11.8 Å². The first kappa shape index (κ1) is 17.1. The number of hydrogen-bond acceptors (Lipinski definition) is 6. The van der Waals surface area contributed by atoms with Crippen LogP contribution in [0.25, 0.3) is 11.3 Å². The van der Waals surface area contributed by atoms with E-state index in [9.17, 15) is 5.26 Å². The number of hydrogen-bond donors (Lipinski definition) is 2. The van der Waals surface area contributed by atoms with Gasteiger partial charge in [-0.2, -0.15) is 10.2 Å². The standard InChI is InChI=1S/C17H21N5S/c1-2-3-4-7-10-23-14-9-6-5-8-12(14)15-13(11-18)16(19)22-17(20)21-15/h5-6,8-9H,2-4,7,10H2,1H3,(H4,19,20,21,22). The minimum Gasteiger partial charge on any atom is -0.382 e. The van der Waals surface area contributed by atoms with Gasteiger partial charge in [-0.25, -0.2) is 4.98 Å². The first-order valence-electron chi connectivity index (χ1n) is 7.72. The molecule has 2 aromatic rings. The Morgan fingerprint density at radius 3 is 2.65 bits per heavy atom. The van der Waals surface area contributed by atoms with E-state index in [1.807, 2.05) is 24.3 Å². The van der Waals surface area contributed by atoms with E-state index in [0.717, 1.165) is 16.2 Å². The maximum atomic E-state index is 9.36. The van der Waals surface area contributed by atoms with Crippen molar-refractivity contribution in [3.63, 3.8) is 0 Å². The van der Waals surface area contributed by atoms with Gasteiger partial charge in [0.15, 0.2) is 0 Å². The zero-order valence-electron chi connectivity index (χ0n) is 13.2. The van der Waals surface area contributed by atoms with E-state index in [-0.39, 0.29) is 17.3 Å². The molecule has 0 saturated carbocycles. The average Bonchev–Trinajstić information content (AvgIpc) is 2.54. The third-order valence-corrected chi connectivity index (χ3v) is 4.62. The summed E-state index contributed by atoms with van der Waals surface area (Å²) in [5.41, 5.74) is 13.2. The van der Waals surface area contributed by atoms with Crippen LogP contribution in [0, 0.1) is 11.3 Å². The van der Waals surface area contributed by atoms with Crippen LogP contribution in [0.2, 0.25) is 0 Å². The van der Waals surface area contributed by atoms with Gasteiger partial charge in [0.05, 0.1) is 5.69 Å². The van der Waals surface area contributed by atoms with Crippen LogP contribution in [-0.4, -0.2) is 15.7 Å². The molecule has 1 aromatic heterocycles. The fourth-order valence-electron chi connectivity index (χ4n) is 2.30. The molecular weight excluding hydrogens is 306 g/mol. The summed E-state index contributed by atoms with van der Waals surface area (Å²) in [5, 5.41) is 9.36. The molecule has 0 amide bonds. The van der Waals surface area contributed by atoms with Gasteiger partial charge in [-0.15, -0.1) is 11.8 Å². The molecule has 2 rings (SSSR count). The Bertz CT molecular complexity index is 709. The average molecular weight is 327 g/mol. The molecule has 23 heavy (non-hydrogen) atoms. The van der Waals surface area contributed by atoms with Crippen molar-refractivity contribution in [1.82, 2.24) is 9.97 Å². The summed E-state index contributed by atoms with van der Waals surface area (Å²) < 4.78 is 0. The van der Waals surface area contributed by atoms with E-state index in [0.29, 0.717) is 5.69 Å². The summed E-state index contributed by atoms with van der Waals surface area (Å²) in [5.74, 6) is 1.24. The molecule has 0 spiro atoms. The SMILES string of the molecule is CCCCCCSc1ccccc1-c1nc(N)nc(N)c1C#N. The molecule has 5 nitrogen and oxygen atoms in total. The predicted octanol–water partition coefficient (Wildman–Crippen LogP) is 3.85. The lowest BCUT2D eigenvalue weighted by Crippen LogP contribution is -2.05. The molecule has 6 heteroatoms. The molecule has 0 saturated heterocycles. The molecular formula is C17H21N5S. The van der Waals surface area contributed by atoms with Crippen LogP contribution < -0.4 is 11.5 Å². The number of unbranched alkanes of at least 4 members (excludes halogenated alkanes) is 3. The van der Waals surface area contributed by atoms with Crippen molar-refractivity contribution in [2.24, 2.45) is 0 Å². The fraction of sp³-hybridized carbons (Fsp3) is 0.353. The molecule has 1 aromatic carbocycles. The number of aromatic nitrogens is 2. The van der Waals surface area contributed by atoms with Crippen LogP contribution in [0.1, 0.15) is 38.2 Å². The van der Waals surface area contributed by atoms with Gasteiger partial charge in [0.2, 0.25) is 5.95 Å². The molecule has 0 unspecified atom stereocenters. The Morgan fingerprint density at radius 2 is 1.91 bits per heavy atom. The van der Waals surface area contributed by atoms with Crippen molar-refractivity contribution in [2.45, 2.75) is 37.5 Å². The van der Waals surface area contributed by atoms with Crippen molar-refractivity contribution >= 4 is 23.5 Å². The fourth-order valence-corrected chi connectivity index (χ4v) is 3.36. The number of nitrogens with zero attached hydrogens (tertiary/aromatic N) is 3. The lowest BCUT2D eigenvalue weighted by atomic mass is 10.1. The molecule has 0 aliphatic carbocycles. The van der Waals surface area contributed by atoms with Crippen molar-refractivity contribution in [2.75, 3.05) is 17.2 Å². The summed E-state index contributed by atoms with van der Waals surface area (Å²) in [4.78, 5) is 9.20. The normalized spacial score (nSPS) is 10.4. The van der Waals surface area contributed by atoms with Crippen LogP contribution in [0.5, 0.6) is 0 Å². The number of nitriles is 1. The zero-order valence-corrected chi connectivity index (χ0v) is 14.1. The van der Waals surface area contributed by atoms with Crippen molar-refractivity contribution in [3.05, 3.63) is 29.8 Å². The molecule has 0 bridgehead atoms. The van der Waals surface area contributed by atoms with E-state index in [1.54, 1.807) is 11.8 Å². The predicted molar refractivity (Wildman–Crippen MR) is 95.9 cm³/mol. The second kappa shape index (κ2) is 8.39. The second-order valence-electron chi connectivity index (χ2n) is 5.21. The molecule has 0 radical (unpaired) electrons. The van der Waals surface area contributed by atoms with Gasteiger partial charge in [-0.3, -0.25) is 0 Å². The van der Waals surface area contributed by atoms with E-state index >= 15 is 0 Å². The minimum absolute atomic E-state index is 0.0826. The van der Waals surface area contributed by atoms with Crippen molar-refractivity contribution in [1.29, 1.82) is 5.26 Å². The molecule has 0 aliphatic rings. The van der Waals surface area contributed by atoms with Crippen LogP contribution in [-0.2, 0) is 0 Å². The van der Waals surface area contributed by atoms with Gasteiger partial charge < -0.3 is 11.5 Å². The van der Waals surface area contributed by atoms with Crippen LogP contribution in [0.3, 0.4) is 0 Å². The number of nitrogen functional groups attached to an aromatic ring is 2. The van der Waals surface area contributed by atoms with Gasteiger partial charge in [0.25, 0.3) is 0 Å². The Labute approximate surface area is 141 Å². The Balaban J connectivity index is 2.29. The highest BCUT2D eigenvalue weighted by atomic mass is 32.2. The summed E-state index contributed by atoms with van der Waals surface area (Å²) >= 11 is 1.77. The summed E-state index contributed by atoms with van der Waals surface area (Å²) in [6, 6.07) is 9.97. The molecule has 0 aliphatic heterocycles. The van der Waals surface area contributed by atoms with Gasteiger partial charge >= 0.3 is 0 Å². The van der Waals surface area contributed by atoms with Crippen molar-refractivity contribution in [3.8, 4) is 17.3 Å². The van der Waals surface area contributed by atoms with Gasteiger partial charge in [-0.05, 0) is 18.2 Å². The highest BCUT2D eigenvalue weighted by molar-refractivity contribution is 7.99. The number of benzene rings is 1. The van der Waals surface area contributed by atoms with Gasteiger partial charge in [0, 0.05) is 10.5 Å². The zero-order chi connectivity index (χ0) is 16.7. The highest BCUT2D eigenvalue weighted by Gasteiger charge is 2.16. The smallest absolute Gasteiger partial charge is 0.222 e. The summed E-state index contributed by atoms with van der Waals surface area (Å²) in [6.07, 6.45) is 4.90. The van der Waals surface area contributed by atoms with E-state index in [1.165, 1.54) is 25.7 Å². The Morgan fingerprint density at radius 1 is 1.13 bits per heavy atom. The monoisotopic (exact) mass is 327 g/mol. The quantitative estimate of drug-likeness (QED) is 0.591. The minimum atomic E-state index is 0.0826. The van der Waals surface area contributed by atoms with Crippen LogP contribution in [0.15, 0.2) is 29.2 Å². The maximum Gasteiger partial charge on any atom is 0.222 e. The summed E-state index contributed by atoms with van der Waals surface area (Å²) in [6.45, 7) is 2.20.